The van der Waals surface area contributed by atoms with Crippen LogP contribution in [0.4, 0.5) is 8.78 Å². The van der Waals surface area contributed by atoms with E-state index in [9.17, 15) is 17.2 Å². The first kappa shape index (κ1) is 8.29. The molecule has 0 aliphatic carbocycles. The van der Waals surface area contributed by atoms with Gasteiger partial charge in [0.2, 0.25) is 0 Å². The summed E-state index contributed by atoms with van der Waals surface area (Å²) in [5.74, 6) is 0. The van der Waals surface area contributed by atoms with Gasteiger partial charge in [-0.05, 0) is 0 Å². The largest absolute Gasteiger partial charge is 0.220 e. The molecule has 2 nitrogen and oxygen atoms in total. The van der Waals surface area contributed by atoms with Gasteiger partial charge in [-0.1, -0.05) is 0 Å². The normalized spacial score (nSPS) is 13.6. The molecule has 0 aromatic heterocycles. The maximum atomic E-state index is 11.1. The molecule has 0 N–H and O–H groups in total. The Labute approximate surface area is 51.4 Å². The van der Waals surface area contributed by atoms with Crippen LogP contribution in [0.3, 0.4) is 0 Å². The monoisotopic (exact) mass is 154 g/mol. The van der Waals surface area contributed by atoms with Gasteiger partial charge in [0.05, 0.1) is 23.5 Å². The SMILES string of the molecule is O=S(=O)(/C=C/F)/C=C/F. The third-order valence-electron chi connectivity index (χ3n) is 0.482. The molecule has 0 unspecified atom stereocenters. The summed E-state index contributed by atoms with van der Waals surface area (Å²) in [4.78, 5) is 0. The molecule has 0 fully saturated rings. The molecule has 0 aromatic rings. The van der Waals surface area contributed by atoms with Crippen molar-refractivity contribution in [3.05, 3.63) is 23.5 Å². The molecule has 0 aliphatic heterocycles. The van der Waals surface area contributed by atoms with Crippen LogP contribution >= 0.6 is 0 Å². The highest BCUT2D eigenvalue weighted by Gasteiger charge is 1.96. The summed E-state index contributed by atoms with van der Waals surface area (Å²) in [5, 5.41) is 0.506. The van der Waals surface area contributed by atoms with E-state index < -0.39 is 9.84 Å². The average molecular weight is 154 g/mol. The summed E-state index contributed by atoms with van der Waals surface area (Å²) in [5.41, 5.74) is 0. The van der Waals surface area contributed by atoms with Gasteiger partial charge in [0, 0.05) is 0 Å². The molecular weight excluding hydrogens is 150 g/mol. The summed E-state index contributed by atoms with van der Waals surface area (Å²) in [6, 6.07) is 0. The van der Waals surface area contributed by atoms with Gasteiger partial charge in [-0.15, -0.1) is 0 Å². The van der Waals surface area contributed by atoms with Crippen LogP contribution in [0.15, 0.2) is 23.5 Å². The van der Waals surface area contributed by atoms with Crippen LogP contribution in [-0.2, 0) is 9.84 Å². The quantitative estimate of drug-likeness (QED) is 0.600. The number of hydrogen-bond acceptors (Lipinski definition) is 2. The lowest BCUT2D eigenvalue weighted by molar-refractivity contribution is 0.610. The van der Waals surface area contributed by atoms with Gasteiger partial charge in [0.25, 0.3) is 0 Å². The Morgan fingerprint density at radius 1 is 1.00 bits per heavy atom. The van der Waals surface area contributed by atoms with E-state index in [0.29, 0.717) is 0 Å². The number of hydrogen-bond donors (Lipinski definition) is 0. The molecule has 0 atom stereocenters. The summed E-state index contributed by atoms with van der Waals surface area (Å²) >= 11 is 0. The number of halogens is 2. The van der Waals surface area contributed by atoms with E-state index in [-0.39, 0.29) is 23.5 Å². The predicted octanol–water partition coefficient (Wildman–Crippen LogP) is 1.28. The predicted molar refractivity (Wildman–Crippen MR) is 29.4 cm³/mol. The first-order chi connectivity index (χ1) is 4.12. The molecule has 0 amide bonds. The van der Waals surface area contributed by atoms with E-state index in [1.165, 1.54) is 0 Å². The van der Waals surface area contributed by atoms with E-state index in [4.69, 9.17) is 0 Å². The Hall–Kier alpha value is -0.710. The van der Waals surface area contributed by atoms with E-state index in [2.05, 4.69) is 0 Å². The number of sulfone groups is 1. The van der Waals surface area contributed by atoms with Crippen molar-refractivity contribution in [2.75, 3.05) is 0 Å². The minimum atomic E-state index is -3.79. The van der Waals surface area contributed by atoms with Gasteiger partial charge < -0.3 is 0 Å². The Morgan fingerprint density at radius 2 is 1.33 bits per heavy atom. The Kier molecular flexibility index (Phi) is 3.08. The van der Waals surface area contributed by atoms with Crippen LogP contribution in [0.2, 0.25) is 0 Å². The van der Waals surface area contributed by atoms with Crippen molar-refractivity contribution < 1.29 is 17.2 Å². The van der Waals surface area contributed by atoms with Crippen LogP contribution < -0.4 is 0 Å². The van der Waals surface area contributed by atoms with Crippen molar-refractivity contribution in [3.63, 3.8) is 0 Å². The van der Waals surface area contributed by atoms with Gasteiger partial charge in [-0.25, -0.2) is 17.2 Å². The Balaban J connectivity index is 4.42. The number of rotatable bonds is 2. The van der Waals surface area contributed by atoms with Crippen molar-refractivity contribution in [1.29, 1.82) is 0 Å². The zero-order chi connectivity index (χ0) is 7.33. The topological polar surface area (TPSA) is 34.1 Å². The molecule has 0 heterocycles. The van der Waals surface area contributed by atoms with E-state index >= 15 is 0 Å². The Morgan fingerprint density at radius 3 is 1.56 bits per heavy atom. The van der Waals surface area contributed by atoms with Crippen LogP contribution in [0.25, 0.3) is 0 Å². The van der Waals surface area contributed by atoms with Crippen LogP contribution in [0.5, 0.6) is 0 Å². The lowest BCUT2D eigenvalue weighted by Gasteiger charge is -1.80. The lowest BCUT2D eigenvalue weighted by Crippen LogP contribution is -1.85. The second-order valence-corrected chi connectivity index (χ2v) is 2.84. The summed E-state index contributed by atoms with van der Waals surface area (Å²) in [7, 11) is -3.79. The molecule has 0 bridgehead atoms. The fourth-order valence-corrected chi connectivity index (χ4v) is 0.566. The molecular formula is C4H4F2O2S. The first-order valence-corrected chi connectivity index (χ1v) is 3.52. The highest BCUT2D eigenvalue weighted by Crippen LogP contribution is 1.94. The molecule has 0 saturated carbocycles. The van der Waals surface area contributed by atoms with Crippen LogP contribution in [-0.4, -0.2) is 8.42 Å². The van der Waals surface area contributed by atoms with Crippen molar-refractivity contribution in [2.24, 2.45) is 0 Å². The van der Waals surface area contributed by atoms with Crippen molar-refractivity contribution >= 4 is 9.84 Å². The molecule has 52 valence electrons. The Bertz CT molecular complexity index is 197. The maximum Gasteiger partial charge on any atom is 0.197 e. The second-order valence-electron chi connectivity index (χ2n) is 1.11. The molecule has 0 spiro atoms. The summed E-state index contributed by atoms with van der Waals surface area (Å²) in [6.45, 7) is 0. The van der Waals surface area contributed by atoms with Gasteiger partial charge in [-0.2, -0.15) is 0 Å². The summed E-state index contributed by atoms with van der Waals surface area (Å²) < 4.78 is 42.5. The average Bonchev–Trinajstić information content (AvgIpc) is 1.64. The molecule has 0 aromatic carbocycles. The third-order valence-corrected chi connectivity index (χ3v) is 1.45. The van der Waals surface area contributed by atoms with Crippen LogP contribution in [0, 0.1) is 0 Å². The molecule has 5 heteroatoms. The fourth-order valence-electron chi connectivity index (χ4n) is 0.189. The standard InChI is InChI=1S/C4H4F2O2S/c5-1-3-9(7,8)4-2-6/h1-4H/b3-1+,4-2+. The molecule has 0 rings (SSSR count). The van der Waals surface area contributed by atoms with Gasteiger partial charge in [0.1, 0.15) is 0 Å². The maximum absolute atomic E-state index is 11.1. The van der Waals surface area contributed by atoms with E-state index in [1.807, 2.05) is 0 Å². The molecule has 0 radical (unpaired) electrons. The summed E-state index contributed by atoms with van der Waals surface area (Å²) in [6.07, 6.45) is -0.343. The zero-order valence-electron chi connectivity index (χ0n) is 4.29. The molecule has 0 aliphatic rings. The second kappa shape index (κ2) is 3.34. The van der Waals surface area contributed by atoms with Gasteiger partial charge >= 0.3 is 0 Å². The van der Waals surface area contributed by atoms with Crippen molar-refractivity contribution in [2.45, 2.75) is 0 Å². The van der Waals surface area contributed by atoms with Gasteiger partial charge in [-0.3, -0.25) is 0 Å². The van der Waals surface area contributed by atoms with Gasteiger partial charge in [0.15, 0.2) is 9.84 Å². The molecule has 0 saturated heterocycles. The third kappa shape index (κ3) is 3.84. The fraction of sp³-hybridized carbons (Fsp3) is 0. The lowest BCUT2D eigenvalue weighted by atomic mass is 11.2. The first-order valence-electron chi connectivity index (χ1n) is 1.91. The zero-order valence-corrected chi connectivity index (χ0v) is 5.11. The van der Waals surface area contributed by atoms with E-state index in [1.54, 1.807) is 0 Å². The van der Waals surface area contributed by atoms with Crippen molar-refractivity contribution in [1.82, 2.24) is 0 Å². The highest BCUT2D eigenvalue weighted by atomic mass is 32.2. The van der Waals surface area contributed by atoms with Crippen molar-refractivity contribution in [3.8, 4) is 0 Å². The van der Waals surface area contributed by atoms with E-state index in [0.717, 1.165) is 0 Å². The minimum Gasteiger partial charge on any atom is -0.220 e. The minimum absolute atomic E-state index is 0.171. The van der Waals surface area contributed by atoms with Crippen LogP contribution in [0.1, 0.15) is 0 Å². The highest BCUT2D eigenvalue weighted by molar-refractivity contribution is 7.97. The smallest absolute Gasteiger partial charge is 0.197 e. The molecule has 9 heavy (non-hydrogen) atoms.